The van der Waals surface area contributed by atoms with Crippen LogP contribution in [0.15, 0.2) is 36.4 Å². The van der Waals surface area contributed by atoms with Gasteiger partial charge in [-0.05, 0) is 60.2 Å². The Hall–Kier alpha value is -3.23. The number of carbonyl (C=O) groups is 1. The number of fused-ring (bicyclic) bond motifs is 1. The number of alkyl halides is 2. The molecular formula is C25H22F6O3. The van der Waals surface area contributed by atoms with E-state index in [2.05, 4.69) is 11.7 Å². The fourth-order valence-electron chi connectivity index (χ4n) is 3.61. The molecule has 0 aliphatic carbocycles. The van der Waals surface area contributed by atoms with Crippen molar-refractivity contribution in [3.8, 4) is 11.5 Å². The molecular weight excluding hydrogens is 462 g/mol. The zero-order valence-corrected chi connectivity index (χ0v) is 18.3. The maximum absolute atomic E-state index is 14.5. The minimum absolute atomic E-state index is 0.138. The molecule has 0 amide bonds. The minimum Gasteiger partial charge on any atom is -0.429 e. The lowest BCUT2D eigenvalue weighted by atomic mass is 10.0. The first-order valence-electron chi connectivity index (χ1n) is 10.8. The molecule has 0 radical (unpaired) electrons. The average molecular weight is 484 g/mol. The van der Waals surface area contributed by atoms with Crippen LogP contribution in [0.3, 0.4) is 0 Å². The molecule has 0 unspecified atom stereocenters. The van der Waals surface area contributed by atoms with Crippen molar-refractivity contribution in [2.45, 2.75) is 52.1 Å². The van der Waals surface area contributed by atoms with Crippen molar-refractivity contribution < 1.29 is 40.6 Å². The van der Waals surface area contributed by atoms with E-state index in [1.807, 2.05) is 0 Å². The van der Waals surface area contributed by atoms with Gasteiger partial charge in [-0.2, -0.15) is 8.78 Å². The van der Waals surface area contributed by atoms with Crippen molar-refractivity contribution in [2.75, 3.05) is 0 Å². The first kappa shape index (κ1) is 25.4. The van der Waals surface area contributed by atoms with Gasteiger partial charge in [-0.15, -0.1) is 0 Å². The highest BCUT2D eigenvalue weighted by Gasteiger charge is 2.22. The van der Waals surface area contributed by atoms with Crippen LogP contribution in [-0.2, 0) is 6.42 Å². The van der Waals surface area contributed by atoms with E-state index in [0.717, 1.165) is 62.4 Å². The van der Waals surface area contributed by atoms with Gasteiger partial charge in [0.25, 0.3) is 0 Å². The van der Waals surface area contributed by atoms with Gasteiger partial charge >= 0.3 is 12.6 Å². The summed E-state index contributed by atoms with van der Waals surface area (Å²) in [6.07, 6.45) is 5.36. The van der Waals surface area contributed by atoms with Gasteiger partial charge in [0.2, 0.25) is 0 Å². The maximum atomic E-state index is 14.5. The predicted molar refractivity (Wildman–Crippen MR) is 114 cm³/mol. The molecule has 0 saturated heterocycles. The summed E-state index contributed by atoms with van der Waals surface area (Å²) in [5.74, 6) is -7.76. The Labute approximate surface area is 192 Å². The van der Waals surface area contributed by atoms with E-state index in [4.69, 9.17) is 4.74 Å². The standard InChI is InChI=1S/C25H22F6O3/c1-2-3-4-5-6-7-14-10-18(26)21(19(27)11-14)24(32)33-16-8-9-17-15(12-16)13-20(28)23(22(17)29)34-25(30)31/h8-13,25H,2-7H2,1H3. The molecule has 0 heterocycles. The summed E-state index contributed by atoms with van der Waals surface area (Å²) < 4.78 is 90.9. The summed E-state index contributed by atoms with van der Waals surface area (Å²) in [4.78, 5) is 12.4. The van der Waals surface area contributed by atoms with Crippen LogP contribution in [0.2, 0.25) is 0 Å². The molecule has 0 atom stereocenters. The largest absolute Gasteiger partial charge is 0.429 e. The van der Waals surface area contributed by atoms with E-state index in [9.17, 15) is 31.1 Å². The molecule has 3 nitrogen and oxygen atoms in total. The molecule has 9 heteroatoms. The number of aryl methyl sites for hydroxylation is 1. The van der Waals surface area contributed by atoms with Crippen molar-refractivity contribution in [1.29, 1.82) is 0 Å². The van der Waals surface area contributed by atoms with Gasteiger partial charge in [0.15, 0.2) is 17.4 Å². The highest BCUT2D eigenvalue weighted by Crippen LogP contribution is 2.33. The van der Waals surface area contributed by atoms with Gasteiger partial charge in [-0.25, -0.2) is 22.4 Å². The van der Waals surface area contributed by atoms with Crippen molar-refractivity contribution >= 4 is 16.7 Å². The monoisotopic (exact) mass is 484 g/mol. The third kappa shape index (κ3) is 6.01. The highest BCUT2D eigenvalue weighted by atomic mass is 19.3. The molecule has 0 spiro atoms. The van der Waals surface area contributed by atoms with Gasteiger partial charge in [0.05, 0.1) is 0 Å². The first-order valence-corrected chi connectivity index (χ1v) is 10.8. The second-order valence-corrected chi connectivity index (χ2v) is 7.75. The molecule has 0 aromatic heterocycles. The van der Waals surface area contributed by atoms with E-state index >= 15 is 0 Å². The second kappa shape index (κ2) is 11.3. The molecule has 0 aliphatic heterocycles. The fraction of sp³-hybridized carbons (Fsp3) is 0.320. The molecule has 0 bridgehead atoms. The molecule has 3 aromatic rings. The second-order valence-electron chi connectivity index (χ2n) is 7.75. The van der Waals surface area contributed by atoms with Crippen LogP contribution in [-0.4, -0.2) is 12.6 Å². The van der Waals surface area contributed by atoms with E-state index in [1.165, 1.54) is 0 Å². The first-order chi connectivity index (χ1) is 16.2. The van der Waals surface area contributed by atoms with Crippen LogP contribution in [0.4, 0.5) is 26.3 Å². The van der Waals surface area contributed by atoms with Crippen LogP contribution in [0, 0.1) is 23.3 Å². The fourth-order valence-corrected chi connectivity index (χ4v) is 3.61. The number of ether oxygens (including phenoxy) is 2. The van der Waals surface area contributed by atoms with Gasteiger partial charge in [-0.1, -0.05) is 32.6 Å². The summed E-state index contributed by atoms with van der Waals surface area (Å²) in [6, 6.07) is 6.02. The Morgan fingerprint density at radius 1 is 0.882 bits per heavy atom. The lowest BCUT2D eigenvalue weighted by Crippen LogP contribution is -2.14. The zero-order valence-electron chi connectivity index (χ0n) is 18.3. The van der Waals surface area contributed by atoms with Crippen molar-refractivity contribution in [3.05, 3.63) is 70.8 Å². The van der Waals surface area contributed by atoms with Gasteiger partial charge < -0.3 is 9.47 Å². The third-order valence-corrected chi connectivity index (χ3v) is 5.25. The van der Waals surface area contributed by atoms with Crippen LogP contribution in [0.1, 0.15) is 54.9 Å². The van der Waals surface area contributed by atoms with Crippen LogP contribution < -0.4 is 9.47 Å². The van der Waals surface area contributed by atoms with E-state index in [0.29, 0.717) is 18.1 Å². The third-order valence-electron chi connectivity index (χ3n) is 5.25. The van der Waals surface area contributed by atoms with Crippen molar-refractivity contribution in [2.24, 2.45) is 0 Å². The molecule has 3 aromatic carbocycles. The Morgan fingerprint density at radius 3 is 2.21 bits per heavy atom. The smallest absolute Gasteiger partial charge is 0.387 e. The molecule has 34 heavy (non-hydrogen) atoms. The van der Waals surface area contributed by atoms with Crippen molar-refractivity contribution in [1.82, 2.24) is 0 Å². The summed E-state index contributed by atoms with van der Waals surface area (Å²) >= 11 is 0. The Balaban J connectivity index is 1.77. The number of rotatable bonds is 10. The number of halogens is 6. The Kier molecular flexibility index (Phi) is 8.41. The normalized spacial score (nSPS) is 11.3. The van der Waals surface area contributed by atoms with E-state index in [1.54, 1.807) is 0 Å². The predicted octanol–water partition coefficient (Wildman–Crippen LogP) is 7.73. The SMILES string of the molecule is CCCCCCCc1cc(F)c(C(=O)Oc2ccc3c(F)c(OC(F)F)c(F)cc3c2)c(F)c1. The van der Waals surface area contributed by atoms with E-state index in [-0.39, 0.29) is 16.5 Å². The number of carbonyl (C=O) groups excluding carboxylic acids is 1. The van der Waals surface area contributed by atoms with Crippen LogP contribution in [0.25, 0.3) is 10.8 Å². The van der Waals surface area contributed by atoms with Crippen molar-refractivity contribution in [3.63, 3.8) is 0 Å². The number of hydrogen-bond acceptors (Lipinski definition) is 3. The molecule has 3 rings (SSSR count). The number of unbranched alkanes of at least 4 members (excludes halogenated alkanes) is 4. The van der Waals surface area contributed by atoms with Gasteiger partial charge in [0, 0.05) is 5.39 Å². The quantitative estimate of drug-likeness (QED) is 0.128. The molecule has 0 aliphatic rings. The van der Waals surface area contributed by atoms with Gasteiger partial charge in [0.1, 0.15) is 22.9 Å². The Morgan fingerprint density at radius 2 is 1.56 bits per heavy atom. The molecule has 182 valence electrons. The van der Waals surface area contributed by atoms with Crippen LogP contribution >= 0.6 is 0 Å². The highest BCUT2D eigenvalue weighted by molar-refractivity contribution is 5.93. The number of benzene rings is 3. The summed E-state index contributed by atoms with van der Waals surface area (Å²) in [7, 11) is 0. The van der Waals surface area contributed by atoms with Gasteiger partial charge in [-0.3, -0.25) is 0 Å². The molecule has 0 saturated carbocycles. The number of esters is 1. The zero-order chi connectivity index (χ0) is 24.8. The lowest BCUT2D eigenvalue weighted by Gasteiger charge is -2.11. The van der Waals surface area contributed by atoms with Crippen LogP contribution in [0.5, 0.6) is 11.5 Å². The maximum Gasteiger partial charge on any atom is 0.387 e. The topological polar surface area (TPSA) is 35.5 Å². The number of hydrogen-bond donors (Lipinski definition) is 0. The molecule has 0 fully saturated rings. The average Bonchev–Trinajstić information content (AvgIpc) is 2.75. The minimum atomic E-state index is -3.43. The summed E-state index contributed by atoms with van der Waals surface area (Å²) in [6.45, 7) is -1.35. The molecule has 0 N–H and O–H groups in total. The lowest BCUT2D eigenvalue weighted by molar-refractivity contribution is -0.0544. The Bertz CT molecular complexity index is 1160. The summed E-state index contributed by atoms with van der Waals surface area (Å²) in [5.41, 5.74) is -0.477. The summed E-state index contributed by atoms with van der Waals surface area (Å²) in [5, 5.41) is -0.418. The van der Waals surface area contributed by atoms with E-state index < -0.39 is 47.2 Å².